The number of nitrogens with one attached hydrogen (secondary N) is 4. The second-order valence-electron chi connectivity index (χ2n) is 11.0. The van der Waals surface area contributed by atoms with Crippen LogP contribution in [0.25, 0.3) is 0 Å². The normalized spacial score (nSPS) is 18.3. The molecule has 0 aromatic heterocycles. The van der Waals surface area contributed by atoms with E-state index in [9.17, 15) is 19.2 Å². The summed E-state index contributed by atoms with van der Waals surface area (Å²) >= 11 is 0. The molecule has 1 aromatic rings. The average Bonchev–Trinajstić information content (AvgIpc) is 3.75. The number of ether oxygens (including phenoxy) is 1. The molecule has 2 aliphatic heterocycles. The van der Waals surface area contributed by atoms with Crippen molar-refractivity contribution >= 4 is 23.6 Å². The fourth-order valence-corrected chi connectivity index (χ4v) is 4.90. The largest absolute Gasteiger partial charge is 0.363 e. The SMILES string of the molecule is CN[C@@H](C)C(=O)N[C@H](C(=O)N1CCCC1)c1ccc(C#CCO[C@H](C)[C@H](NC(=O)[C@H](C)NC)C(=O)N2CCCC2)cc1. The second kappa shape index (κ2) is 16.2. The number of hydrogen-bond donors (Lipinski definition) is 4. The third-order valence-corrected chi connectivity index (χ3v) is 7.95. The first-order valence-corrected chi connectivity index (χ1v) is 14.9. The van der Waals surface area contributed by atoms with Gasteiger partial charge in [-0.05, 0) is 78.2 Å². The highest BCUT2D eigenvalue weighted by atomic mass is 16.5. The topological polar surface area (TPSA) is 132 Å². The van der Waals surface area contributed by atoms with E-state index in [2.05, 4.69) is 33.1 Å². The zero-order valence-electron chi connectivity index (χ0n) is 25.5. The molecule has 0 aliphatic carbocycles. The van der Waals surface area contributed by atoms with Crippen molar-refractivity contribution in [2.75, 3.05) is 46.9 Å². The minimum Gasteiger partial charge on any atom is -0.363 e. The van der Waals surface area contributed by atoms with Crippen LogP contribution in [-0.4, -0.2) is 105 Å². The van der Waals surface area contributed by atoms with Gasteiger partial charge in [-0.2, -0.15) is 0 Å². The quantitative estimate of drug-likeness (QED) is 0.265. The molecule has 1 aromatic carbocycles. The van der Waals surface area contributed by atoms with Gasteiger partial charge in [0.25, 0.3) is 0 Å². The molecule has 4 N–H and O–H groups in total. The van der Waals surface area contributed by atoms with Gasteiger partial charge >= 0.3 is 0 Å². The molecule has 0 bridgehead atoms. The molecule has 2 saturated heterocycles. The number of benzene rings is 1. The van der Waals surface area contributed by atoms with E-state index in [4.69, 9.17) is 4.74 Å². The number of carbonyl (C=O) groups is 4. The molecule has 3 rings (SSSR count). The van der Waals surface area contributed by atoms with Crippen LogP contribution in [0.4, 0.5) is 0 Å². The van der Waals surface area contributed by atoms with Crippen molar-refractivity contribution < 1.29 is 23.9 Å². The number of likely N-dealkylation sites (N-methyl/N-ethyl adjacent to an activating group) is 2. The number of likely N-dealkylation sites (tertiary alicyclic amines) is 2. The van der Waals surface area contributed by atoms with E-state index in [1.54, 1.807) is 56.8 Å². The summed E-state index contributed by atoms with van der Waals surface area (Å²) in [5, 5.41) is 11.5. The first-order chi connectivity index (χ1) is 20.2. The maximum Gasteiger partial charge on any atom is 0.249 e. The predicted octanol–water partition coefficient (Wildman–Crippen LogP) is 0.546. The van der Waals surface area contributed by atoms with E-state index in [0.29, 0.717) is 31.7 Å². The standard InChI is InChI=1S/C31H46N6O5/c1-21(32-4)28(38)34-26(30(40)36-16-6-7-17-36)23(3)42-20-10-11-24-12-14-25(15-13-24)27(35-29(39)22(2)33-5)31(41)37-18-8-9-19-37/h12-15,21-23,26-27,32-33H,6-9,16-20H2,1-5H3,(H,34,38)(H,35,39)/t21-,22-,23+,26-,27-/m0/s1. The lowest BCUT2D eigenvalue weighted by molar-refractivity contribution is -0.139. The molecule has 0 spiro atoms. The Bertz CT molecular complexity index is 1130. The Morgan fingerprint density at radius 3 is 1.81 bits per heavy atom. The molecule has 0 unspecified atom stereocenters. The van der Waals surface area contributed by atoms with Crippen molar-refractivity contribution in [3.05, 3.63) is 35.4 Å². The molecule has 2 heterocycles. The molecular formula is C31H46N6O5. The smallest absolute Gasteiger partial charge is 0.249 e. The van der Waals surface area contributed by atoms with Gasteiger partial charge in [0, 0.05) is 31.7 Å². The van der Waals surface area contributed by atoms with Gasteiger partial charge in [0.05, 0.1) is 18.2 Å². The van der Waals surface area contributed by atoms with Crippen LogP contribution in [0.5, 0.6) is 0 Å². The van der Waals surface area contributed by atoms with Crippen LogP contribution in [-0.2, 0) is 23.9 Å². The minimum absolute atomic E-state index is 0.0676. The highest BCUT2D eigenvalue weighted by molar-refractivity contribution is 5.91. The molecule has 2 aliphatic rings. The summed E-state index contributed by atoms with van der Waals surface area (Å²) in [5.41, 5.74) is 1.41. The summed E-state index contributed by atoms with van der Waals surface area (Å²) in [6.07, 6.45) is 3.25. The zero-order chi connectivity index (χ0) is 30.6. The van der Waals surface area contributed by atoms with Crippen molar-refractivity contribution in [3.63, 3.8) is 0 Å². The van der Waals surface area contributed by atoms with Crippen molar-refractivity contribution in [2.45, 2.75) is 76.7 Å². The van der Waals surface area contributed by atoms with Crippen molar-refractivity contribution in [1.29, 1.82) is 0 Å². The second-order valence-corrected chi connectivity index (χ2v) is 11.0. The van der Waals surface area contributed by atoms with Gasteiger partial charge in [0.2, 0.25) is 23.6 Å². The summed E-state index contributed by atoms with van der Waals surface area (Å²) in [7, 11) is 3.39. The highest BCUT2D eigenvalue weighted by Crippen LogP contribution is 2.20. The van der Waals surface area contributed by atoms with Crippen LogP contribution in [0, 0.1) is 11.8 Å². The lowest BCUT2D eigenvalue weighted by Gasteiger charge is -2.29. The van der Waals surface area contributed by atoms with Gasteiger partial charge in [-0.1, -0.05) is 24.0 Å². The van der Waals surface area contributed by atoms with Crippen molar-refractivity contribution in [2.24, 2.45) is 0 Å². The third-order valence-electron chi connectivity index (χ3n) is 7.95. The van der Waals surface area contributed by atoms with Crippen LogP contribution in [0.15, 0.2) is 24.3 Å². The Labute approximate surface area is 249 Å². The first kappa shape index (κ1) is 33.0. The van der Waals surface area contributed by atoms with E-state index < -0.39 is 30.3 Å². The van der Waals surface area contributed by atoms with Gasteiger partial charge in [-0.15, -0.1) is 0 Å². The summed E-state index contributed by atoms with van der Waals surface area (Å²) in [6.45, 7) is 8.05. The summed E-state index contributed by atoms with van der Waals surface area (Å²) < 4.78 is 5.89. The maximum atomic E-state index is 13.2. The number of carbonyl (C=O) groups excluding carboxylic acids is 4. The maximum absolute atomic E-state index is 13.2. The van der Waals surface area contributed by atoms with E-state index >= 15 is 0 Å². The van der Waals surface area contributed by atoms with Gasteiger partial charge < -0.3 is 35.8 Å². The monoisotopic (exact) mass is 582 g/mol. The van der Waals surface area contributed by atoms with E-state index in [0.717, 1.165) is 31.2 Å². The molecule has 11 nitrogen and oxygen atoms in total. The van der Waals surface area contributed by atoms with Gasteiger partial charge in [0.15, 0.2) is 0 Å². The predicted molar refractivity (Wildman–Crippen MR) is 160 cm³/mol. The fourth-order valence-electron chi connectivity index (χ4n) is 4.90. The van der Waals surface area contributed by atoms with Crippen LogP contribution >= 0.6 is 0 Å². The zero-order valence-corrected chi connectivity index (χ0v) is 25.5. The third kappa shape index (κ3) is 9.02. The lowest BCUT2D eigenvalue weighted by Crippen LogP contribution is -2.56. The first-order valence-electron chi connectivity index (χ1n) is 14.9. The Morgan fingerprint density at radius 1 is 0.786 bits per heavy atom. The number of rotatable bonds is 12. The molecular weight excluding hydrogens is 536 g/mol. The van der Waals surface area contributed by atoms with Gasteiger partial charge in [0.1, 0.15) is 18.7 Å². The average molecular weight is 583 g/mol. The van der Waals surface area contributed by atoms with Gasteiger partial charge in [-0.3, -0.25) is 19.2 Å². The summed E-state index contributed by atoms with van der Waals surface area (Å²) in [5.74, 6) is 5.26. The molecule has 2 fully saturated rings. The molecule has 230 valence electrons. The van der Waals surface area contributed by atoms with Crippen LogP contribution < -0.4 is 21.3 Å². The number of hydrogen-bond acceptors (Lipinski definition) is 7. The molecule has 11 heteroatoms. The Kier molecular flexibility index (Phi) is 12.8. The van der Waals surface area contributed by atoms with Crippen molar-refractivity contribution in [3.8, 4) is 11.8 Å². The number of nitrogens with zero attached hydrogens (tertiary/aromatic N) is 2. The molecule has 5 atom stereocenters. The van der Waals surface area contributed by atoms with E-state index in [1.165, 1.54) is 0 Å². The lowest BCUT2D eigenvalue weighted by atomic mass is 10.0. The van der Waals surface area contributed by atoms with Crippen LogP contribution in [0.1, 0.15) is 63.6 Å². The number of amides is 4. The Morgan fingerprint density at radius 2 is 1.29 bits per heavy atom. The summed E-state index contributed by atoms with van der Waals surface area (Å²) in [6, 6.07) is 4.77. The van der Waals surface area contributed by atoms with Gasteiger partial charge in [-0.25, -0.2) is 0 Å². The Hall–Kier alpha value is -3.46. The Balaban J connectivity index is 1.65. The van der Waals surface area contributed by atoms with Crippen LogP contribution in [0.3, 0.4) is 0 Å². The fraction of sp³-hybridized carbons (Fsp3) is 0.613. The molecule has 42 heavy (non-hydrogen) atoms. The van der Waals surface area contributed by atoms with E-state index in [-0.39, 0.29) is 30.2 Å². The van der Waals surface area contributed by atoms with E-state index in [1.807, 2.05) is 12.1 Å². The van der Waals surface area contributed by atoms with Crippen LogP contribution in [0.2, 0.25) is 0 Å². The molecule has 4 amide bonds. The molecule has 0 saturated carbocycles. The highest BCUT2D eigenvalue weighted by Gasteiger charge is 2.33. The summed E-state index contributed by atoms with van der Waals surface area (Å²) in [4.78, 5) is 55.1. The minimum atomic E-state index is -0.807. The van der Waals surface area contributed by atoms with Crippen molar-refractivity contribution in [1.82, 2.24) is 31.1 Å². The molecule has 0 radical (unpaired) electrons.